The zero-order valence-corrected chi connectivity index (χ0v) is 23.6. The Morgan fingerprint density at radius 3 is 2.23 bits per heavy atom. The molecule has 25 heteroatoms. The quantitative estimate of drug-likeness (QED) is 0.121. The predicted molar refractivity (Wildman–Crippen MR) is 137 cm³/mol. The van der Waals surface area contributed by atoms with Crippen LogP contribution in [0.3, 0.4) is 0 Å². The standard InChI is InChI=1S/C19H22N10O13P2/c20-14-8-15(22-3-21-14)28(4-23-8)19-13-10(30)6(39-19)1-37-43(33,34)41-12-7(2-38-44(35,36)42-13)40-18(11(12)31)29-5-24-9-16(29)25-27-26-17(9)32/h3-7,10-13,18-19,30-31H,1-2H2,(H,33,34)(H,35,36)(H2,20,21,22)(H,25,26,32)/t6-,7-,10-,11-,12-,13-,18-,19-/m1/s1. The van der Waals surface area contributed by atoms with Crippen LogP contribution < -0.4 is 11.3 Å². The second-order valence-corrected chi connectivity index (χ2v) is 12.6. The van der Waals surface area contributed by atoms with Crippen LogP contribution in [-0.2, 0) is 36.7 Å². The third-order valence-electron chi connectivity index (χ3n) is 7.15. The van der Waals surface area contributed by atoms with Gasteiger partial charge in [-0.3, -0.25) is 32.0 Å². The summed E-state index contributed by atoms with van der Waals surface area (Å²) < 4.78 is 60.9. The van der Waals surface area contributed by atoms with Gasteiger partial charge >= 0.3 is 15.6 Å². The summed E-state index contributed by atoms with van der Waals surface area (Å²) in [6, 6.07) is 0. The fraction of sp³-hybridized carbons (Fsp3) is 0.526. The SMILES string of the molecule is Nc1ncnc2c1ncn2[C@@H]1O[C@@H]2COP(=O)(O)O[C@H]3[C@@H](O)[C@H](n4cnc5c(=O)[nH]nnc54)O[C@@H]3COP(=O)(O)O[C@@H]1[C@@H]2O. The molecule has 0 spiro atoms. The number of nitrogens with one attached hydrogen (secondary N) is 1. The van der Waals surface area contributed by atoms with E-state index in [1.807, 2.05) is 0 Å². The highest BCUT2D eigenvalue weighted by Crippen LogP contribution is 2.53. The largest absolute Gasteiger partial charge is 0.472 e. The van der Waals surface area contributed by atoms with Crippen LogP contribution in [0.15, 0.2) is 23.8 Å². The number of hydrogen-bond donors (Lipinski definition) is 6. The van der Waals surface area contributed by atoms with Crippen molar-refractivity contribution in [1.29, 1.82) is 0 Å². The van der Waals surface area contributed by atoms with Gasteiger partial charge in [-0.15, -0.1) is 5.10 Å². The maximum Gasteiger partial charge on any atom is 0.472 e. The molecule has 44 heavy (non-hydrogen) atoms. The third kappa shape index (κ3) is 5.01. The number of rotatable bonds is 2. The lowest BCUT2D eigenvalue weighted by Gasteiger charge is -2.25. The normalized spacial score (nSPS) is 38.3. The number of H-pyrrole nitrogens is 1. The lowest BCUT2D eigenvalue weighted by Crippen LogP contribution is -2.36. The van der Waals surface area contributed by atoms with Gasteiger partial charge in [-0.05, 0) is 0 Å². The highest BCUT2D eigenvalue weighted by atomic mass is 31.2. The lowest BCUT2D eigenvalue weighted by molar-refractivity contribution is -0.0672. The topological polar surface area (TPSA) is 317 Å². The Balaban J connectivity index is 1.20. The number of nitrogens with two attached hydrogens (primary N) is 1. The Labute approximate surface area is 242 Å². The molecule has 0 amide bonds. The number of nitrogen functional groups attached to an aromatic ring is 1. The van der Waals surface area contributed by atoms with Crippen molar-refractivity contribution in [1.82, 2.24) is 44.5 Å². The average molecular weight is 660 g/mol. The van der Waals surface area contributed by atoms with Gasteiger partial charge < -0.3 is 35.2 Å². The molecule has 0 aromatic carbocycles. The molecule has 10 atom stereocenters. The summed E-state index contributed by atoms with van der Waals surface area (Å²) in [6.45, 7) is -1.63. The smallest absolute Gasteiger partial charge is 0.387 e. The van der Waals surface area contributed by atoms with Crippen LogP contribution in [0.25, 0.3) is 22.3 Å². The molecule has 0 radical (unpaired) electrons. The van der Waals surface area contributed by atoms with Gasteiger partial charge in [0.1, 0.15) is 48.5 Å². The number of hydrogen-bond acceptors (Lipinski definition) is 18. The monoisotopic (exact) mass is 660 g/mol. The third-order valence-corrected chi connectivity index (χ3v) is 9.12. The van der Waals surface area contributed by atoms with Gasteiger partial charge in [-0.1, -0.05) is 5.21 Å². The summed E-state index contributed by atoms with van der Waals surface area (Å²) in [7, 11) is -10.1. The van der Waals surface area contributed by atoms with Gasteiger partial charge in [-0.25, -0.2) is 34.2 Å². The minimum atomic E-state index is -5.08. The van der Waals surface area contributed by atoms with E-state index in [0.29, 0.717) is 0 Å². The highest BCUT2D eigenvalue weighted by Gasteiger charge is 2.54. The maximum atomic E-state index is 13.1. The Bertz CT molecular complexity index is 1890. The van der Waals surface area contributed by atoms with Gasteiger partial charge in [0.2, 0.25) is 0 Å². The summed E-state index contributed by atoms with van der Waals surface area (Å²) in [6.07, 6.45) is -9.12. The molecule has 3 saturated heterocycles. The molecule has 7 heterocycles. The summed E-state index contributed by atoms with van der Waals surface area (Å²) in [4.78, 5) is 49.2. The number of imidazole rings is 2. The summed E-state index contributed by atoms with van der Waals surface area (Å²) >= 11 is 0. The molecule has 3 aliphatic heterocycles. The molecule has 2 bridgehead atoms. The van der Waals surface area contributed by atoms with Crippen LogP contribution in [0.2, 0.25) is 0 Å². The van der Waals surface area contributed by atoms with Gasteiger partial charge in [0.25, 0.3) is 5.56 Å². The molecule has 3 aliphatic rings. The number of nitrogens with zero attached hydrogens (tertiary/aromatic N) is 8. The maximum absolute atomic E-state index is 13.1. The summed E-state index contributed by atoms with van der Waals surface area (Å²) in [5.74, 6) is 0.0236. The Morgan fingerprint density at radius 2 is 1.48 bits per heavy atom. The van der Waals surface area contributed by atoms with Gasteiger partial charge in [0.05, 0.1) is 25.9 Å². The van der Waals surface area contributed by atoms with Gasteiger partial charge in [0, 0.05) is 0 Å². The minimum absolute atomic E-state index is 0.0236. The molecule has 0 aliphatic carbocycles. The van der Waals surface area contributed by atoms with Gasteiger partial charge in [-0.2, -0.15) is 0 Å². The molecule has 4 aromatic rings. The number of anilines is 1. The number of fused-ring (bicyclic) bond motifs is 5. The Hall–Kier alpha value is -3.31. The van der Waals surface area contributed by atoms with Crippen LogP contribution in [-0.4, -0.2) is 114 Å². The van der Waals surface area contributed by atoms with Crippen LogP contribution >= 0.6 is 15.6 Å². The van der Waals surface area contributed by atoms with Crippen molar-refractivity contribution in [2.45, 2.75) is 49.1 Å². The van der Waals surface area contributed by atoms with Crippen molar-refractivity contribution in [3.05, 3.63) is 29.3 Å². The van der Waals surface area contributed by atoms with E-state index >= 15 is 0 Å². The van der Waals surface area contributed by atoms with Crippen LogP contribution in [0.4, 0.5) is 5.82 Å². The lowest BCUT2D eigenvalue weighted by atomic mass is 10.1. The molecular formula is C19H22N10O13P2. The highest BCUT2D eigenvalue weighted by molar-refractivity contribution is 7.47. The van der Waals surface area contributed by atoms with Crippen LogP contribution in [0.1, 0.15) is 12.5 Å². The van der Waals surface area contributed by atoms with E-state index < -0.39 is 83.5 Å². The zero-order valence-electron chi connectivity index (χ0n) is 21.8. The summed E-state index contributed by atoms with van der Waals surface area (Å²) in [5, 5.41) is 31.4. The van der Waals surface area contributed by atoms with E-state index in [1.54, 1.807) is 0 Å². The zero-order chi connectivity index (χ0) is 31.0. The summed E-state index contributed by atoms with van der Waals surface area (Å²) in [5.41, 5.74) is 5.17. The number of aromatic nitrogens is 9. The van der Waals surface area contributed by atoms with E-state index in [2.05, 4.69) is 35.3 Å². The molecule has 23 nitrogen and oxygen atoms in total. The number of aromatic amines is 1. The molecule has 236 valence electrons. The van der Waals surface area contributed by atoms with Crippen LogP contribution in [0.5, 0.6) is 0 Å². The van der Waals surface area contributed by atoms with E-state index in [4.69, 9.17) is 33.3 Å². The molecular weight excluding hydrogens is 638 g/mol. The van der Waals surface area contributed by atoms with E-state index in [1.165, 1.54) is 10.9 Å². The van der Waals surface area contributed by atoms with Crippen molar-refractivity contribution in [3.63, 3.8) is 0 Å². The minimum Gasteiger partial charge on any atom is -0.387 e. The fourth-order valence-electron chi connectivity index (χ4n) is 5.14. The average Bonchev–Trinajstić information content (AvgIpc) is 3.73. The number of ether oxygens (including phenoxy) is 2. The first-order valence-electron chi connectivity index (χ1n) is 12.6. The van der Waals surface area contributed by atoms with Crippen LogP contribution in [0, 0.1) is 0 Å². The molecule has 0 saturated carbocycles. The Kier molecular flexibility index (Phi) is 7.12. The van der Waals surface area contributed by atoms with Crippen molar-refractivity contribution < 1.29 is 56.7 Å². The molecule has 4 aromatic heterocycles. The van der Waals surface area contributed by atoms with Gasteiger partial charge in [0.15, 0.2) is 35.1 Å². The molecule has 3 fully saturated rings. The first-order chi connectivity index (χ1) is 20.9. The van der Waals surface area contributed by atoms with Crippen molar-refractivity contribution in [2.75, 3.05) is 18.9 Å². The number of phosphoric acid groups is 2. The first kappa shape index (κ1) is 29.4. The molecule has 2 unspecified atom stereocenters. The van der Waals surface area contributed by atoms with E-state index in [0.717, 1.165) is 17.2 Å². The number of phosphoric ester groups is 2. The Morgan fingerprint density at radius 1 is 0.841 bits per heavy atom. The molecule has 7 N–H and O–H groups in total. The first-order valence-corrected chi connectivity index (χ1v) is 15.6. The number of aliphatic hydroxyl groups excluding tert-OH is 2. The predicted octanol–water partition coefficient (Wildman–Crippen LogP) is -2.53. The second-order valence-electron chi connectivity index (χ2n) is 9.83. The second kappa shape index (κ2) is 10.7. The fourth-order valence-corrected chi connectivity index (χ4v) is 7.03. The van der Waals surface area contributed by atoms with E-state index in [-0.39, 0.29) is 28.1 Å². The number of aliphatic hydroxyl groups is 2. The van der Waals surface area contributed by atoms with Crippen molar-refractivity contribution >= 4 is 43.8 Å². The van der Waals surface area contributed by atoms with Crippen molar-refractivity contribution in [2.24, 2.45) is 0 Å². The molecule has 7 rings (SSSR count). The van der Waals surface area contributed by atoms with E-state index in [9.17, 15) is 33.9 Å². The van der Waals surface area contributed by atoms with Crippen molar-refractivity contribution in [3.8, 4) is 0 Å².